The summed E-state index contributed by atoms with van der Waals surface area (Å²) in [4.78, 5) is 0. The van der Waals surface area contributed by atoms with Crippen molar-refractivity contribution >= 4 is 0 Å². The Labute approximate surface area is 197 Å². The third-order valence-corrected chi connectivity index (χ3v) is 12.1. The lowest BCUT2D eigenvalue weighted by Gasteiger charge is -2.65. The number of rotatable bonds is 6. The predicted octanol–water partition coefficient (Wildman–Crippen LogP) is 6.19. The average Bonchev–Trinajstić information content (AvgIpc) is 3.08. The minimum Gasteiger partial charge on any atom is -0.393 e. The lowest BCUT2D eigenvalue weighted by Crippen LogP contribution is -2.68. The molecule has 4 rings (SSSR count). The summed E-state index contributed by atoms with van der Waals surface area (Å²) >= 11 is 0. The molecule has 0 heterocycles. The highest BCUT2D eigenvalue weighted by molar-refractivity contribution is 5.17. The number of fused-ring (bicyclic) bond motifs is 5. The van der Waals surface area contributed by atoms with Crippen LogP contribution in [0.5, 0.6) is 0 Å². The van der Waals surface area contributed by atoms with Crippen LogP contribution in [0.2, 0.25) is 0 Å². The van der Waals surface area contributed by atoms with Gasteiger partial charge in [0, 0.05) is 11.8 Å². The Balaban J connectivity index is 1.51. The van der Waals surface area contributed by atoms with Crippen molar-refractivity contribution in [3.8, 4) is 0 Å². The predicted molar refractivity (Wildman–Crippen MR) is 131 cm³/mol. The van der Waals surface area contributed by atoms with Crippen molar-refractivity contribution in [2.75, 3.05) is 0 Å². The fraction of sp³-hybridized carbons (Fsp3) is 1.00. The second-order valence-corrected chi connectivity index (χ2v) is 13.6. The van der Waals surface area contributed by atoms with Crippen LogP contribution in [0.3, 0.4) is 0 Å². The standard InChI is InChI=1S/C29H52O3/c1-7-20(18(2)3)9-8-19(4)23-10-11-24-22-16-26(31)29(32)17-21(30)12-15-28(29,6)25(22)13-14-27(23,24)5/h18-26,30-32H,7-17H2,1-6H3/t19-,20-,21-,22+,23-,24+,25+,26+,27-,28-,29-/m1/s1. The second-order valence-electron chi connectivity index (χ2n) is 13.6. The van der Waals surface area contributed by atoms with E-state index < -0.39 is 17.8 Å². The van der Waals surface area contributed by atoms with Gasteiger partial charge in [-0.2, -0.15) is 0 Å². The molecule has 4 fully saturated rings. The van der Waals surface area contributed by atoms with Crippen molar-refractivity contribution in [1.82, 2.24) is 0 Å². The first-order valence-electron chi connectivity index (χ1n) is 14.1. The zero-order chi connectivity index (χ0) is 23.5. The maximum Gasteiger partial charge on any atom is 0.0985 e. The van der Waals surface area contributed by atoms with E-state index in [1.807, 2.05) is 0 Å². The molecule has 186 valence electrons. The Kier molecular flexibility index (Phi) is 6.89. The quantitative estimate of drug-likeness (QED) is 0.454. The van der Waals surface area contributed by atoms with Gasteiger partial charge >= 0.3 is 0 Å². The van der Waals surface area contributed by atoms with E-state index in [-0.39, 0.29) is 5.41 Å². The molecular weight excluding hydrogens is 396 g/mol. The van der Waals surface area contributed by atoms with Crippen LogP contribution in [0.15, 0.2) is 0 Å². The molecule has 0 radical (unpaired) electrons. The molecule has 0 aliphatic heterocycles. The summed E-state index contributed by atoms with van der Waals surface area (Å²) in [6.45, 7) is 14.5. The molecule has 0 amide bonds. The van der Waals surface area contributed by atoms with Crippen molar-refractivity contribution < 1.29 is 15.3 Å². The van der Waals surface area contributed by atoms with Crippen molar-refractivity contribution in [3.63, 3.8) is 0 Å². The highest BCUT2D eigenvalue weighted by Gasteiger charge is 2.67. The molecule has 4 saturated carbocycles. The van der Waals surface area contributed by atoms with Gasteiger partial charge in [0.05, 0.1) is 17.8 Å². The molecule has 0 aromatic heterocycles. The van der Waals surface area contributed by atoms with Crippen LogP contribution in [-0.2, 0) is 0 Å². The Morgan fingerprint density at radius 3 is 2.28 bits per heavy atom. The Morgan fingerprint density at radius 1 is 0.906 bits per heavy atom. The normalized spacial score (nSPS) is 50.4. The van der Waals surface area contributed by atoms with Gasteiger partial charge in [-0.15, -0.1) is 0 Å². The summed E-state index contributed by atoms with van der Waals surface area (Å²) in [6.07, 6.45) is 10.7. The molecule has 32 heavy (non-hydrogen) atoms. The lowest BCUT2D eigenvalue weighted by atomic mass is 9.42. The van der Waals surface area contributed by atoms with Gasteiger partial charge in [0.1, 0.15) is 0 Å². The third kappa shape index (κ3) is 3.72. The first-order valence-corrected chi connectivity index (χ1v) is 14.1. The maximum atomic E-state index is 11.7. The van der Waals surface area contributed by atoms with Gasteiger partial charge in [-0.05, 0) is 98.2 Å². The fourth-order valence-electron chi connectivity index (χ4n) is 9.92. The van der Waals surface area contributed by atoms with E-state index in [2.05, 4.69) is 41.5 Å². The number of aliphatic hydroxyl groups excluding tert-OH is 2. The van der Waals surface area contributed by atoms with Crippen LogP contribution in [0, 0.1) is 52.3 Å². The lowest BCUT2D eigenvalue weighted by molar-refractivity contribution is -0.264. The first-order chi connectivity index (χ1) is 15.0. The molecule has 0 bridgehead atoms. The van der Waals surface area contributed by atoms with Gasteiger partial charge in [0.15, 0.2) is 0 Å². The molecule has 0 aromatic carbocycles. The maximum absolute atomic E-state index is 11.7. The van der Waals surface area contributed by atoms with Crippen LogP contribution < -0.4 is 0 Å². The summed E-state index contributed by atoms with van der Waals surface area (Å²) in [7, 11) is 0. The van der Waals surface area contributed by atoms with Gasteiger partial charge in [0.25, 0.3) is 0 Å². The first kappa shape index (κ1) is 25.0. The van der Waals surface area contributed by atoms with Crippen molar-refractivity contribution in [2.24, 2.45) is 52.3 Å². The summed E-state index contributed by atoms with van der Waals surface area (Å²) in [5, 5.41) is 33.2. The van der Waals surface area contributed by atoms with Gasteiger partial charge in [-0.3, -0.25) is 0 Å². The highest BCUT2D eigenvalue weighted by atomic mass is 16.3. The van der Waals surface area contributed by atoms with Gasteiger partial charge < -0.3 is 15.3 Å². The Bertz CT molecular complexity index is 663. The summed E-state index contributed by atoms with van der Waals surface area (Å²) < 4.78 is 0. The highest BCUT2D eigenvalue weighted by Crippen LogP contribution is 2.69. The number of aliphatic hydroxyl groups is 3. The van der Waals surface area contributed by atoms with E-state index in [4.69, 9.17) is 0 Å². The molecule has 0 unspecified atom stereocenters. The molecule has 3 nitrogen and oxygen atoms in total. The third-order valence-electron chi connectivity index (χ3n) is 12.1. The van der Waals surface area contributed by atoms with Crippen molar-refractivity contribution in [3.05, 3.63) is 0 Å². The molecular formula is C29H52O3. The molecule has 4 aliphatic rings. The fourth-order valence-corrected chi connectivity index (χ4v) is 9.92. The minimum atomic E-state index is -1.11. The zero-order valence-corrected chi connectivity index (χ0v) is 21.8. The summed E-state index contributed by atoms with van der Waals surface area (Å²) in [5.41, 5.74) is -0.984. The van der Waals surface area contributed by atoms with Crippen LogP contribution in [-0.4, -0.2) is 33.1 Å². The van der Waals surface area contributed by atoms with Crippen LogP contribution in [0.1, 0.15) is 112 Å². The van der Waals surface area contributed by atoms with Gasteiger partial charge in [-0.25, -0.2) is 0 Å². The Hall–Kier alpha value is -0.120. The smallest absolute Gasteiger partial charge is 0.0985 e. The van der Waals surface area contributed by atoms with E-state index in [0.29, 0.717) is 29.6 Å². The topological polar surface area (TPSA) is 60.7 Å². The largest absolute Gasteiger partial charge is 0.393 e. The molecule has 4 aliphatic carbocycles. The SMILES string of the molecule is CC[C@H](CC[C@@H](C)[C@H]1CC[C@H]2[C@@H]3C[C@H](O)[C@]4(O)C[C@H](O)CC[C@]4(C)[C@H]3CC[C@]12C)C(C)C. The van der Waals surface area contributed by atoms with Gasteiger partial charge in [0.2, 0.25) is 0 Å². The molecule has 0 saturated heterocycles. The average molecular weight is 449 g/mol. The molecule has 3 heteroatoms. The van der Waals surface area contributed by atoms with E-state index in [1.165, 1.54) is 44.9 Å². The monoisotopic (exact) mass is 448 g/mol. The van der Waals surface area contributed by atoms with Crippen molar-refractivity contribution in [2.45, 2.75) is 130 Å². The van der Waals surface area contributed by atoms with Crippen molar-refractivity contribution in [1.29, 1.82) is 0 Å². The molecule has 0 aromatic rings. The van der Waals surface area contributed by atoms with E-state index in [9.17, 15) is 15.3 Å². The van der Waals surface area contributed by atoms with Crippen LogP contribution in [0.25, 0.3) is 0 Å². The Morgan fingerprint density at radius 2 is 1.62 bits per heavy atom. The van der Waals surface area contributed by atoms with E-state index in [0.717, 1.165) is 42.9 Å². The van der Waals surface area contributed by atoms with Crippen LogP contribution in [0.4, 0.5) is 0 Å². The van der Waals surface area contributed by atoms with E-state index in [1.54, 1.807) is 0 Å². The summed E-state index contributed by atoms with van der Waals surface area (Å²) in [5.74, 6) is 4.92. The van der Waals surface area contributed by atoms with Gasteiger partial charge in [-0.1, -0.05) is 54.4 Å². The second kappa shape index (κ2) is 8.83. The molecule has 11 atom stereocenters. The molecule has 3 N–H and O–H groups in total. The zero-order valence-electron chi connectivity index (χ0n) is 21.8. The summed E-state index contributed by atoms with van der Waals surface area (Å²) in [6, 6.07) is 0. The number of hydrogen-bond acceptors (Lipinski definition) is 3. The minimum absolute atomic E-state index is 0.259. The van der Waals surface area contributed by atoms with E-state index >= 15 is 0 Å². The van der Waals surface area contributed by atoms with Crippen LogP contribution >= 0.6 is 0 Å². The molecule has 0 spiro atoms. The number of hydrogen-bond donors (Lipinski definition) is 3.